The first-order chi connectivity index (χ1) is 30.8. The highest BCUT2D eigenvalue weighted by molar-refractivity contribution is 5.91. The Morgan fingerprint density at radius 2 is 1.52 bits per heavy atom. The molecule has 0 bridgehead atoms. The number of rotatable bonds is 18. The van der Waals surface area contributed by atoms with Gasteiger partial charge in [-0.15, -0.1) is 0 Å². The zero-order valence-electron chi connectivity index (χ0n) is 37.8. The van der Waals surface area contributed by atoms with Crippen LogP contribution in [0.2, 0.25) is 0 Å². The highest BCUT2D eigenvalue weighted by atomic mass is 16.7. The van der Waals surface area contributed by atoms with Crippen molar-refractivity contribution in [3.63, 3.8) is 0 Å². The van der Waals surface area contributed by atoms with E-state index in [0.717, 1.165) is 32.1 Å². The lowest BCUT2D eigenvalue weighted by atomic mass is 9.42. The lowest BCUT2D eigenvalue weighted by Gasteiger charge is -2.65. The number of cyclic esters (lactones) is 1. The Morgan fingerprint density at radius 3 is 2.17 bits per heavy atom. The zero-order chi connectivity index (χ0) is 46.8. The molecule has 0 amide bonds. The number of ether oxygens (including phenoxy) is 7. The summed E-state index contributed by atoms with van der Waals surface area (Å²) in [6.45, 7) is 8.33. The molecular formula is C45H68N2O18. The number of aliphatic carboxylic acids is 2. The fraction of sp³-hybridized carbons (Fsp3) is 0.844. The number of carbonyl (C=O) groups excluding carboxylic acids is 1. The molecule has 4 aliphatic carbocycles. The van der Waals surface area contributed by atoms with Crippen molar-refractivity contribution in [1.29, 1.82) is 0 Å². The van der Waals surface area contributed by atoms with Crippen LogP contribution in [0.3, 0.4) is 0 Å². The summed E-state index contributed by atoms with van der Waals surface area (Å²) in [5.41, 5.74) is -1.43. The molecular weight excluding hydrogens is 856 g/mol. The van der Waals surface area contributed by atoms with Gasteiger partial charge in [0.25, 0.3) is 0 Å². The standard InChI is InChI=1S/C45H68N2O18/c1-23(20-47-59-22-36(53)54)60-37(10-14-46-58-21-35(51)52)64-40-24(2)62-39(19-33(40)49)65-41-25(3)61-38(18-32(41)48)63-27-8-12-43(4)26(16-27)6-7-30-31(43)17-34(50)44(5)29(9-13-45(30,44)56)28-11-15-57-42(28)55/h11,14,20,23-27,29-34,37-41,48-50,56H,6-10,12-13,15-19,21-22H2,1-5H3,(H,51,52)(H,53,54)/b46-14+,47-20+/t23-,24-,25-,26-,27+,29-,30-,31+,32+,33+,34-,37+,38+,39+,40-,41-,43+,44+,45?/m1/s1. The van der Waals surface area contributed by atoms with Gasteiger partial charge in [0.05, 0.1) is 54.5 Å². The molecule has 6 N–H and O–H groups in total. The number of carboxylic acid groups (broad SMARTS) is 2. The minimum Gasteiger partial charge on any atom is -0.479 e. The van der Waals surface area contributed by atoms with Crippen LogP contribution in [0.15, 0.2) is 22.0 Å². The fourth-order valence-corrected chi connectivity index (χ4v) is 12.5. The molecule has 0 aromatic heterocycles. The van der Waals surface area contributed by atoms with Crippen LogP contribution in [-0.4, -0.2) is 160 Å². The normalized spacial score (nSPS) is 43.8. The summed E-state index contributed by atoms with van der Waals surface area (Å²) in [4.78, 5) is 43.5. The molecule has 3 heterocycles. The summed E-state index contributed by atoms with van der Waals surface area (Å²) in [5, 5.41) is 71.9. The summed E-state index contributed by atoms with van der Waals surface area (Å²) < 4.78 is 42.5. The fourth-order valence-electron chi connectivity index (χ4n) is 12.5. The zero-order valence-corrected chi connectivity index (χ0v) is 37.8. The van der Waals surface area contributed by atoms with Crippen molar-refractivity contribution in [1.82, 2.24) is 0 Å². The summed E-state index contributed by atoms with van der Waals surface area (Å²) in [7, 11) is 0. The molecule has 6 fully saturated rings. The molecule has 7 aliphatic rings. The molecule has 4 saturated carbocycles. The van der Waals surface area contributed by atoms with Gasteiger partial charge in [-0.25, -0.2) is 14.4 Å². The molecule has 0 spiro atoms. The molecule has 0 aromatic rings. The van der Waals surface area contributed by atoms with Gasteiger partial charge in [0.2, 0.25) is 13.2 Å². The van der Waals surface area contributed by atoms with Gasteiger partial charge in [0, 0.05) is 42.4 Å². The molecule has 20 nitrogen and oxygen atoms in total. The molecule has 7 rings (SSSR count). The van der Waals surface area contributed by atoms with Crippen LogP contribution in [0, 0.1) is 34.5 Å². The van der Waals surface area contributed by atoms with Gasteiger partial charge >= 0.3 is 17.9 Å². The van der Waals surface area contributed by atoms with Crippen LogP contribution in [0.5, 0.6) is 0 Å². The third-order valence-electron chi connectivity index (χ3n) is 15.8. The predicted octanol–water partition coefficient (Wildman–Crippen LogP) is 2.66. The number of oxime groups is 2. The third kappa shape index (κ3) is 10.4. The van der Waals surface area contributed by atoms with Crippen LogP contribution in [0.4, 0.5) is 0 Å². The second-order valence-electron chi connectivity index (χ2n) is 19.6. The first kappa shape index (κ1) is 49.6. The molecule has 19 atom stereocenters. The summed E-state index contributed by atoms with van der Waals surface area (Å²) in [6.07, 6.45) is 1.01. The van der Waals surface area contributed by atoms with Gasteiger partial charge in [-0.1, -0.05) is 24.2 Å². The molecule has 3 aliphatic heterocycles. The molecule has 0 radical (unpaired) electrons. The summed E-state index contributed by atoms with van der Waals surface area (Å²) in [6, 6.07) is 0. The smallest absolute Gasteiger partial charge is 0.344 e. The number of hydrogen-bond acceptors (Lipinski definition) is 18. The van der Waals surface area contributed by atoms with E-state index in [1.54, 1.807) is 20.8 Å². The number of hydrogen-bond donors (Lipinski definition) is 6. The summed E-state index contributed by atoms with van der Waals surface area (Å²) in [5.74, 6) is -2.54. The number of carbonyl (C=O) groups is 3. The third-order valence-corrected chi connectivity index (χ3v) is 15.8. The van der Waals surface area contributed by atoms with Crippen molar-refractivity contribution in [2.45, 2.75) is 185 Å². The van der Waals surface area contributed by atoms with E-state index >= 15 is 0 Å². The summed E-state index contributed by atoms with van der Waals surface area (Å²) >= 11 is 0. The first-order valence-electron chi connectivity index (χ1n) is 23.1. The Morgan fingerprint density at radius 1 is 0.862 bits per heavy atom. The average Bonchev–Trinajstić information content (AvgIpc) is 3.78. The van der Waals surface area contributed by atoms with Gasteiger partial charge in [-0.05, 0) is 101 Å². The minimum absolute atomic E-state index is 0.0154. The topological polar surface area (TPSA) is 280 Å². The number of aliphatic hydroxyl groups excluding tert-OH is 3. The van der Waals surface area contributed by atoms with Crippen molar-refractivity contribution in [3.05, 3.63) is 11.6 Å². The number of carboxylic acids is 2. The number of aliphatic hydroxyl groups is 4. The Hall–Kier alpha value is -3.31. The Kier molecular flexibility index (Phi) is 15.6. The van der Waals surface area contributed by atoms with Gasteiger partial charge < -0.3 is 73.5 Å². The van der Waals surface area contributed by atoms with E-state index in [4.69, 9.17) is 48.2 Å². The first-order valence-corrected chi connectivity index (χ1v) is 23.1. The highest BCUT2D eigenvalue weighted by Crippen LogP contribution is 2.70. The quantitative estimate of drug-likeness (QED) is 0.0379. The number of esters is 1. The predicted molar refractivity (Wildman–Crippen MR) is 225 cm³/mol. The molecule has 65 heavy (non-hydrogen) atoms. The lowest BCUT2D eigenvalue weighted by molar-refractivity contribution is -0.328. The van der Waals surface area contributed by atoms with E-state index in [0.29, 0.717) is 30.8 Å². The van der Waals surface area contributed by atoms with Crippen molar-refractivity contribution < 1.29 is 87.9 Å². The highest BCUT2D eigenvalue weighted by Gasteiger charge is 2.71. The minimum atomic E-state index is -1.21. The van der Waals surface area contributed by atoms with Crippen molar-refractivity contribution in [2.75, 3.05) is 19.8 Å². The molecule has 0 aromatic carbocycles. The second-order valence-corrected chi connectivity index (χ2v) is 19.6. The second kappa shape index (κ2) is 20.5. The van der Waals surface area contributed by atoms with Crippen molar-refractivity contribution in [3.8, 4) is 0 Å². The van der Waals surface area contributed by atoms with Gasteiger partial charge in [0.15, 0.2) is 18.9 Å². The maximum Gasteiger partial charge on any atom is 0.344 e. The van der Waals surface area contributed by atoms with E-state index in [2.05, 4.69) is 22.1 Å². The van der Waals surface area contributed by atoms with Crippen LogP contribution < -0.4 is 0 Å². The number of fused-ring (bicyclic) bond motifs is 5. The Balaban J connectivity index is 0.896. The van der Waals surface area contributed by atoms with Gasteiger partial charge in [0.1, 0.15) is 18.8 Å². The van der Waals surface area contributed by atoms with Crippen LogP contribution in [0.1, 0.15) is 105 Å². The maximum atomic E-state index is 12.6. The Bertz CT molecular complexity index is 1760. The largest absolute Gasteiger partial charge is 0.479 e. The van der Waals surface area contributed by atoms with Crippen LogP contribution in [0.25, 0.3) is 0 Å². The van der Waals surface area contributed by atoms with Gasteiger partial charge in [-0.2, -0.15) is 0 Å². The average molecular weight is 925 g/mol. The number of nitrogens with zero attached hydrogens (tertiary/aromatic N) is 2. The van der Waals surface area contributed by atoms with E-state index in [1.165, 1.54) is 12.4 Å². The van der Waals surface area contributed by atoms with Crippen LogP contribution >= 0.6 is 0 Å². The molecule has 1 unspecified atom stereocenters. The van der Waals surface area contributed by atoms with Gasteiger partial charge in [-0.3, -0.25) is 0 Å². The molecule has 366 valence electrons. The van der Waals surface area contributed by atoms with E-state index in [1.807, 2.05) is 13.0 Å². The SMILES string of the molecule is C[C@H](/C=N/OCC(=O)O)O[C@H](C/C=N/OCC(=O)O)O[C@H]1[C@@H](O)C[C@H](O[C@H]2[C@@H](O)C[C@H](O[C@H]3CC[C@@]4(C)[C@H](CC[C@@H]5[C@@H]4C[C@@H](O)[C@]4(C)[C@@H](C6=CCOC6=O)CCC54O)C3)O[C@@H]2C)O[C@@H]1C. The van der Waals surface area contributed by atoms with Crippen molar-refractivity contribution in [2.24, 2.45) is 44.8 Å². The molecule has 2 saturated heterocycles. The van der Waals surface area contributed by atoms with Crippen LogP contribution in [-0.2, 0) is 57.2 Å². The molecule has 20 heteroatoms. The van der Waals surface area contributed by atoms with E-state index in [-0.39, 0.29) is 61.1 Å². The Labute approximate surface area is 378 Å². The maximum absolute atomic E-state index is 12.6. The monoisotopic (exact) mass is 924 g/mol. The van der Waals surface area contributed by atoms with Crippen molar-refractivity contribution >= 4 is 30.3 Å². The van der Waals surface area contributed by atoms with E-state index < -0.39 is 104 Å². The van der Waals surface area contributed by atoms with E-state index in [9.17, 15) is 34.8 Å². The lowest BCUT2D eigenvalue weighted by Crippen LogP contribution is -2.67.